The van der Waals surface area contributed by atoms with E-state index in [9.17, 15) is 0 Å². The van der Waals surface area contributed by atoms with E-state index in [2.05, 4.69) is 28.5 Å². The average Bonchev–Trinajstić information content (AvgIpc) is 2.21. The molecule has 0 saturated heterocycles. The number of hydrogen-bond acceptors (Lipinski definition) is 4. The van der Waals surface area contributed by atoms with Crippen LogP contribution in [0.15, 0.2) is 0 Å². The molecule has 3 nitrogen and oxygen atoms in total. The monoisotopic (exact) mass is 259 g/mol. The number of nitrogens with one attached hydrogen (secondary N) is 1. The quantitative estimate of drug-likeness (QED) is 0.825. The number of thioether (sulfide) groups is 1. The maximum absolute atomic E-state index is 6.00. The van der Waals surface area contributed by atoms with Crippen molar-refractivity contribution in [1.29, 1.82) is 0 Å². The molecule has 1 heterocycles. The standard InChI is InChI=1S/C11H18ClN3S/c1-7(6-16-4)5-13-11-8(2)10(12)14-9(3)15-11/h7H,5-6H2,1-4H3,(H,13,14,15). The fraction of sp³-hybridized carbons (Fsp3) is 0.636. The average molecular weight is 260 g/mol. The molecule has 90 valence electrons. The molecule has 0 amide bonds. The third kappa shape index (κ3) is 3.83. The molecule has 1 unspecified atom stereocenters. The predicted molar refractivity (Wildman–Crippen MR) is 72.6 cm³/mol. The van der Waals surface area contributed by atoms with E-state index in [0.717, 1.165) is 23.7 Å². The molecule has 1 aromatic rings. The fourth-order valence-electron chi connectivity index (χ4n) is 1.38. The van der Waals surface area contributed by atoms with Gasteiger partial charge in [-0.2, -0.15) is 11.8 Å². The SMILES string of the molecule is CSCC(C)CNc1nc(C)nc(Cl)c1C. The first-order chi connectivity index (χ1) is 7.54. The van der Waals surface area contributed by atoms with Gasteiger partial charge in [0, 0.05) is 12.1 Å². The molecule has 0 aliphatic heterocycles. The Kier molecular flexibility index (Phi) is 5.35. The van der Waals surface area contributed by atoms with Crippen molar-refractivity contribution in [2.75, 3.05) is 23.9 Å². The van der Waals surface area contributed by atoms with Crippen molar-refractivity contribution in [3.05, 3.63) is 16.5 Å². The molecule has 1 rings (SSSR count). The normalized spacial score (nSPS) is 12.6. The van der Waals surface area contributed by atoms with Gasteiger partial charge in [-0.15, -0.1) is 0 Å². The Labute approximate surface area is 106 Å². The Morgan fingerprint density at radius 2 is 2.06 bits per heavy atom. The first-order valence-corrected chi connectivity index (χ1v) is 7.05. The highest BCUT2D eigenvalue weighted by Crippen LogP contribution is 2.19. The van der Waals surface area contributed by atoms with Crippen LogP contribution < -0.4 is 5.32 Å². The first kappa shape index (κ1) is 13.6. The van der Waals surface area contributed by atoms with E-state index in [1.165, 1.54) is 0 Å². The highest BCUT2D eigenvalue weighted by atomic mass is 35.5. The lowest BCUT2D eigenvalue weighted by Crippen LogP contribution is -2.15. The number of aromatic nitrogens is 2. The summed E-state index contributed by atoms with van der Waals surface area (Å²) < 4.78 is 0. The molecule has 0 radical (unpaired) electrons. The van der Waals surface area contributed by atoms with Gasteiger partial charge in [-0.05, 0) is 31.8 Å². The van der Waals surface area contributed by atoms with Crippen LogP contribution in [0.3, 0.4) is 0 Å². The number of nitrogens with zero attached hydrogens (tertiary/aromatic N) is 2. The zero-order chi connectivity index (χ0) is 12.1. The van der Waals surface area contributed by atoms with Gasteiger partial charge in [0.1, 0.15) is 16.8 Å². The molecule has 1 atom stereocenters. The van der Waals surface area contributed by atoms with Gasteiger partial charge in [-0.25, -0.2) is 9.97 Å². The minimum atomic E-state index is 0.535. The lowest BCUT2D eigenvalue weighted by molar-refractivity contribution is 0.698. The van der Waals surface area contributed by atoms with Gasteiger partial charge >= 0.3 is 0 Å². The summed E-state index contributed by atoms with van der Waals surface area (Å²) in [5.74, 6) is 3.31. The minimum absolute atomic E-state index is 0.535. The van der Waals surface area contributed by atoms with Gasteiger partial charge in [-0.1, -0.05) is 18.5 Å². The van der Waals surface area contributed by atoms with E-state index < -0.39 is 0 Å². The van der Waals surface area contributed by atoms with Crippen molar-refractivity contribution in [1.82, 2.24) is 9.97 Å². The molecular weight excluding hydrogens is 242 g/mol. The Morgan fingerprint density at radius 3 is 2.69 bits per heavy atom. The molecule has 0 saturated carbocycles. The Hall–Kier alpha value is -0.480. The van der Waals surface area contributed by atoms with Crippen LogP contribution in [0.1, 0.15) is 18.3 Å². The second-order valence-corrected chi connectivity index (χ2v) is 5.25. The second-order valence-electron chi connectivity index (χ2n) is 3.98. The summed E-state index contributed by atoms with van der Waals surface area (Å²) in [6.45, 7) is 6.91. The summed E-state index contributed by atoms with van der Waals surface area (Å²) in [7, 11) is 0. The maximum Gasteiger partial charge on any atom is 0.137 e. The van der Waals surface area contributed by atoms with E-state index >= 15 is 0 Å². The zero-order valence-electron chi connectivity index (χ0n) is 10.2. The summed E-state index contributed by atoms with van der Waals surface area (Å²) in [5, 5.41) is 3.87. The number of rotatable bonds is 5. The molecule has 0 aromatic carbocycles. The van der Waals surface area contributed by atoms with E-state index in [4.69, 9.17) is 11.6 Å². The number of halogens is 1. The Balaban J connectivity index is 2.66. The third-order valence-corrected chi connectivity index (χ3v) is 3.54. The Morgan fingerprint density at radius 1 is 1.38 bits per heavy atom. The van der Waals surface area contributed by atoms with Crippen LogP contribution in [0.5, 0.6) is 0 Å². The summed E-state index contributed by atoms with van der Waals surface area (Å²) in [6.07, 6.45) is 2.12. The van der Waals surface area contributed by atoms with Crippen molar-refractivity contribution in [2.24, 2.45) is 5.92 Å². The van der Waals surface area contributed by atoms with Crippen LogP contribution in [-0.4, -0.2) is 28.5 Å². The van der Waals surface area contributed by atoms with Crippen LogP contribution >= 0.6 is 23.4 Å². The molecule has 5 heteroatoms. The van der Waals surface area contributed by atoms with E-state index in [0.29, 0.717) is 16.9 Å². The van der Waals surface area contributed by atoms with E-state index in [-0.39, 0.29) is 0 Å². The molecular formula is C11H18ClN3S. The Bertz CT molecular complexity index is 357. The highest BCUT2D eigenvalue weighted by Gasteiger charge is 2.08. The number of anilines is 1. The molecule has 0 bridgehead atoms. The van der Waals surface area contributed by atoms with Crippen molar-refractivity contribution < 1.29 is 0 Å². The number of hydrogen-bond donors (Lipinski definition) is 1. The second kappa shape index (κ2) is 6.30. The van der Waals surface area contributed by atoms with Gasteiger partial charge in [0.25, 0.3) is 0 Å². The van der Waals surface area contributed by atoms with Crippen molar-refractivity contribution in [3.63, 3.8) is 0 Å². The van der Waals surface area contributed by atoms with Crippen LogP contribution in [0.25, 0.3) is 0 Å². The van der Waals surface area contributed by atoms with Gasteiger partial charge in [0.15, 0.2) is 0 Å². The summed E-state index contributed by atoms with van der Waals surface area (Å²) >= 11 is 7.86. The van der Waals surface area contributed by atoms with Crippen molar-refractivity contribution in [2.45, 2.75) is 20.8 Å². The first-order valence-electron chi connectivity index (χ1n) is 5.28. The zero-order valence-corrected chi connectivity index (χ0v) is 11.7. The summed E-state index contributed by atoms with van der Waals surface area (Å²) in [4.78, 5) is 8.46. The largest absolute Gasteiger partial charge is 0.369 e. The topological polar surface area (TPSA) is 37.8 Å². The predicted octanol–water partition coefficient (Wildman–Crippen LogP) is 3.16. The summed E-state index contributed by atoms with van der Waals surface area (Å²) in [5.41, 5.74) is 0.920. The van der Waals surface area contributed by atoms with Crippen LogP contribution in [-0.2, 0) is 0 Å². The lowest BCUT2D eigenvalue weighted by atomic mass is 10.2. The molecule has 0 aliphatic rings. The minimum Gasteiger partial charge on any atom is -0.369 e. The number of aryl methyl sites for hydroxylation is 1. The van der Waals surface area contributed by atoms with Gasteiger partial charge in [-0.3, -0.25) is 0 Å². The lowest BCUT2D eigenvalue weighted by Gasteiger charge is -2.14. The van der Waals surface area contributed by atoms with Gasteiger partial charge < -0.3 is 5.32 Å². The molecule has 0 aliphatic carbocycles. The van der Waals surface area contributed by atoms with Crippen molar-refractivity contribution in [3.8, 4) is 0 Å². The molecule has 1 aromatic heterocycles. The van der Waals surface area contributed by atoms with Crippen LogP contribution in [0.2, 0.25) is 5.15 Å². The van der Waals surface area contributed by atoms with Gasteiger partial charge in [0.05, 0.1) is 0 Å². The third-order valence-electron chi connectivity index (χ3n) is 2.27. The molecule has 0 fully saturated rings. The van der Waals surface area contributed by atoms with Gasteiger partial charge in [0.2, 0.25) is 0 Å². The fourth-order valence-corrected chi connectivity index (χ4v) is 2.28. The maximum atomic E-state index is 6.00. The van der Waals surface area contributed by atoms with Crippen molar-refractivity contribution >= 4 is 29.2 Å². The smallest absolute Gasteiger partial charge is 0.137 e. The highest BCUT2D eigenvalue weighted by molar-refractivity contribution is 7.98. The van der Waals surface area contributed by atoms with E-state index in [1.807, 2.05) is 25.6 Å². The van der Waals surface area contributed by atoms with Crippen LogP contribution in [0, 0.1) is 19.8 Å². The molecule has 0 spiro atoms. The summed E-state index contributed by atoms with van der Waals surface area (Å²) in [6, 6.07) is 0. The van der Waals surface area contributed by atoms with E-state index in [1.54, 1.807) is 0 Å². The molecule has 1 N–H and O–H groups in total. The van der Waals surface area contributed by atoms with Crippen LogP contribution in [0.4, 0.5) is 5.82 Å². The molecule has 16 heavy (non-hydrogen) atoms.